The molecule has 1 aromatic rings. The van der Waals surface area contributed by atoms with E-state index < -0.39 is 10.0 Å². The number of amides is 1. The molecular formula is C19H30N3O4S+. The first-order chi connectivity index (χ1) is 12.9. The summed E-state index contributed by atoms with van der Waals surface area (Å²) in [6.45, 7) is 6.47. The molecule has 1 N–H and O–H groups in total. The molecule has 8 heteroatoms. The molecule has 2 heterocycles. The van der Waals surface area contributed by atoms with Gasteiger partial charge in [0.25, 0.3) is 5.91 Å². The molecule has 0 saturated carbocycles. The van der Waals surface area contributed by atoms with E-state index in [9.17, 15) is 13.2 Å². The highest BCUT2D eigenvalue weighted by Gasteiger charge is 2.31. The van der Waals surface area contributed by atoms with E-state index >= 15 is 0 Å². The van der Waals surface area contributed by atoms with Crippen molar-refractivity contribution in [3.8, 4) is 5.75 Å². The Balaban J connectivity index is 1.55. The number of quaternary nitrogens is 1. The summed E-state index contributed by atoms with van der Waals surface area (Å²) in [7, 11) is -1.99. The Bertz CT molecular complexity index is 743. The molecule has 2 aliphatic heterocycles. The maximum atomic E-state index is 12.8. The molecule has 2 saturated heterocycles. The fourth-order valence-corrected chi connectivity index (χ4v) is 5.38. The number of nitrogens with zero attached hydrogens (tertiary/aromatic N) is 2. The van der Waals surface area contributed by atoms with Gasteiger partial charge in [-0.3, -0.25) is 4.79 Å². The summed E-state index contributed by atoms with van der Waals surface area (Å²) in [6, 6.07) is 6.42. The van der Waals surface area contributed by atoms with Crippen molar-refractivity contribution < 1.29 is 22.8 Å². The smallest absolute Gasteiger partial charge is 0.277 e. The van der Waals surface area contributed by atoms with Gasteiger partial charge in [0.15, 0.2) is 6.54 Å². The zero-order valence-corrected chi connectivity index (χ0v) is 17.0. The fourth-order valence-electron chi connectivity index (χ4n) is 3.96. The Labute approximate surface area is 161 Å². The summed E-state index contributed by atoms with van der Waals surface area (Å²) >= 11 is 0. The van der Waals surface area contributed by atoms with Crippen LogP contribution in [0.25, 0.3) is 0 Å². The van der Waals surface area contributed by atoms with Gasteiger partial charge in [-0.05, 0) is 37.1 Å². The first-order valence-electron chi connectivity index (χ1n) is 9.65. The van der Waals surface area contributed by atoms with Crippen molar-refractivity contribution in [3.05, 3.63) is 24.3 Å². The molecule has 7 nitrogen and oxygen atoms in total. The summed E-state index contributed by atoms with van der Waals surface area (Å²) in [4.78, 5) is 16.0. The Morgan fingerprint density at radius 1 is 1.19 bits per heavy atom. The third kappa shape index (κ3) is 4.80. The summed E-state index contributed by atoms with van der Waals surface area (Å²) < 4.78 is 32.1. The van der Waals surface area contributed by atoms with Crippen molar-refractivity contribution in [1.29, 1.82) is 0 Å². The molecule has 27 heavy (non-hydrogen) atoms. The Morgan fingerprint density at radius 3 is 2.44 bits per heavy atom. The normalized spacial score (nSPS) is 24.6. The van der Waals surface area contributed by atoms with Crippen molar-refractivity contribution >= 4 is 15.9 Å². The van der Waals surface area contributed by atoms with E-state index in [0.717, 1.165) is 13.1 Å². The first kappa shape index (κ1) is 20.1. The first-order valence-corrected chi connectivity index (χ1v) is 11.1. The zero-order valence-electron chi connectivity index (χ0n) is 16.2. The monoisotopic (exact) mass is 396 g/mol. The lowest BCUT2D eigenvalue weighted by atomic mass is 10.0. The maximum absolute atomic E-state index is 12.8. The molecule has 2 fully saturated rings. The summed E-state index contributed by atoms with van der Waals surface area (Å²) in [5.74, 6) is 1.44. The van der Waals surface area contributed by atoms with Crippen LogP contribution >= 0.6 is 0 Å². The van der Waals surface area contributed by atoms with E-state index in [1.54, 1.807) is 31.4 Å². The standard InChI is InChI=1S/C19H29N3O4S/c1-16-4-3-9-20(14-16)15-19(23)21-10-12-22(13-11-21)27(24,25)18-7-5-17(26-2)6-8-18/h5-8,16H,3-4,9-15H2,1-2H3/p+1/t16-/m1/s1. The van der Waals surface area contributed by atoms with Crippen LogP contribution in [0, 0.1) is 5.92 Å². The number of piperazine rings is 1. The number of sulfonamides is 1. The third-order valence-corrected chi connectivity index (χ3v) is 7.47. The number of hydrogen-bond acceptors (Lipinski definition) is 4. The van der Waals surface area contributed by atoms with Gasteiger partial charge in [0.2, 0.25) is 10.0 Å². The second-order valence-electron chi connectivity index (χ2n) is 7.59. The Kier molecular flexibility index (Phi) is 6.39. The van der Waals surface area contributed by atoms with Gasteiger partial charge in [0, 0.05) is 32.1 Å². The molecule has 0 aliphatic carbocycles. The average molecular weight is 397 g/mol. The molecule has 150 valence electrons. The topological polar surface area (TPSA) is 71.4 Å². The minimum Gasteiger partial charge on any atom is -0.497 e. The molecule has 2 aliphatic rings. The fraction of sp³-hybridized carbons (Fsp3) is 0.632. The largest absolute Gasteiger partial charge is 0.497 e. The lowest BCUT2D eigenvalue weighted by molar-refractivity contribution is -0.900. The minimum atomic E-state index is -3.54. The zero-order chi connectivity index (χ0) is 19.4. The van der Waals surface area contributed by atoms with E-state index in [-0.39, 0.29) is 10.8 Å². The second kappa shape index (κ2) is 8.58. The van der Waals surface area contributed by atoms with Gasteiger partial charge >= 0.3 is 0 Å². The molecular weight excluding hydrogens is 366 g/mol. The van der Waals surface area contributed by atoms with Crippen LogP contribution in [-0.4, -0.2) is 76.5 Å². The van der Waals surface area contributed by atoms with E-state index in [1.165, 1.54) is 22.0 Å². The lowest BCUT2D eigenvalue weighted by Crippen LogP contribution is -3.14. The van der Waals surface area contributed by atoms with E-state index in [1.807, 2.05) is 4.90 Å². The van der Waals surface area contributed by atoms with Gasteiger partial charge in [0.1, 0.15) is 5.75 Å². The van der Waals surface area contributed by atoms with Gasteiger partial charge < -0.3 is 14.5 Å². The van der Waals surface area contributed by atoms with Gasteiger partial charge in [-0.2, -0.15) is 4.31 Å². The summed E-state index contributed by atoms with van der Waals surface area (Å²) in [6.07, 6.45) is 2.43. The van der Waals surface area contributed by atoms with Crippen LogP contribution in [0.2, 0.25) is 0 Å². The predicted molar refractivity (Wildman–Crippen MR) is 102 cm³/mol. The van der Waals surface area contributed by atoms with E-state index in [0.29, 0.717) is 44.4 Å². The number of carbonyl (C=O) groups is 1. The molecule has 0 radical (unpaired) electrons. The van der Waals surface area contributed by atoms with Gasteiger partial charge in [-0.25, -0.2) is 8.42 Å². The van der Waals surface area contributed by atoms with Crippen molar-refractivity contribution in [3.63, 3.8) is 0 Å². The number of rotatable bonds is 5. The Morgan fingerprint density at radius 2 is 1.85 bits per heavy atom. The third-order valence-electron chi connectivity index (χ3n) is 5.55. The van der Waals surface area contributed by atoms with Crippen LogP contribution in [0.1, 0.15) is 19.8 Å². The Hall–Kier alpha value is -1.64. The number of piperidine rings is 1. The second-order valence-corrected chi connectivity index (χ2v) is 9.53. The number of hydrogen-bond donors (Lipinski definition) is 1. The number of benzene rings is 1. The molecule has 1 amide bonds. The van der Waals surface area contributed by atoms with Crippen molar-refractivity contribution in [2.75, 3.05) is 52.9 Å². The van der Waals surface area contributed by atoms with E-state index in [4.69, 9.17) is 4.74 Å². The van der Waals surface area contributed by atoms with Crippen LogP contribution in [0.15, 0.2) is 29.2 Å². The number of carbonyl (C=O) groups excluding carboxylic acids is 1. The quantitative estimate of drug-likeness (QED) is 0.751. The predicted octanol–water partition coefficient (Wildman–Crippen LogP) is -0.157. The van der Waals surface area contributed by atoms with Crippen LogP contribution in [0.5, 0.6) is 5.75 Å². The summed E-state index contributed by atoms with van der Waals surface area (Å²) in [5, 5.41) is 0. The van der Waals surface area contributed by atoms with Crippen LogP contribution < -0.4 is 9.64 Å². The van der Waals surface area contributed by atoms with Crippen LogP contribution in [0.4, 0.5) is 0 Å². The molecule has 1 unspecified atom stereocenters. The van der Waals surface area contributed by atoms with Crippen LogP contribution in [-0.2, 0) is 14.8 Å². The molecule has 0 aromatic heterocycles. The highest BCUT2D eigenvalue weighted by atomic mass is 32.2. The molecule has 3 rings (SSSR count). The summed E-state index contributed by atoms with van der Waals surface area (Å²) in [5.41, 5.74) is 0. The van der Waals surface area contributed by atoms with Gasteiger partial charge in [-0.1, -0.05) is 6.92 Å². The van der Waals surface area contributed by atoms with Crippen molar-refractivity contribution in [2.45, 2.75) is 24.7 Å². The average Bonchev–Trinajstić information content (AvgIpc) is 2.68. The maximum Gasteiger partial charge on any atom is 0.277 e. The molecule has 2 atom stereocenters. The van der Waals surface area contributed by atoms with E-state index in [2.05, 4.69) is 6.92 Å². The number of methoxy groups -OCH3 is 1. The number of likely N-dealkylation sites (tertiary alicyclic amines) is 1. The number of ether oxygens (including phenoxy) is 1. The molecule has 1 aromatic carbocycles. The van der Waals surface area contributed by atoms with Gasteiger partial charge in [0.05, 0.1) is 25.1 Å². The molecule has 0 bridgehead atoms. The lowest BCUT2D eigenvalue weighted by Gasteiger charge is -2.35. The van der Waals surface area contributed by atoms with Gasteiger partial charge in [-0.15, -0.1) is 0 Å². The van der Waals surface area contributed by atoms with Crippen molar-refractivity contribution in [1.82, 2.24) is 9.21 Å². The minimum absolute atomic E-state index is 0.139. The SMILES string of the molecule is COc1ccc(S(=O)(=O)N2CCN(C(=O)C[NH+]3CCC[C@@H](C)C3)CC2)cc1. The highest BCUT2D eigenvalue weighted by Crippen LogP contribution is 2.20. The van der Waals surface area contributed by atoms with Crippen LogP contribution in [0.3, 0.4) is 0 Å². The molecule has 0 spiro atoms. The highest BCUT2D eigenvalue weighted by molar-refractivity contribution is 7.89. The number of nitrogens with one attached hydrogen (secondary N) is 1. The van der Waals surface area contributed by atoms with Crippen molar-refractivity contribution in [2.24, 2.45) is 5.92 Å².